The van der Waals surface area contributed by atoms with E-state index in [1.54, 1.807) is 16.7 Å². The number of ether oxygens (including phenoxy) is 2. The summed E-state index contributed by atoms with van der Waals surface area (Å²) in [6, 6.07) is 1.52. The van der Waals surface area contributed by atoms with Gasteiger partial charge in [0.25, 0.3) is 5.91 Å². The summed E-state index contributed by atoms with van der Waals surface area (Å²) in [6.45, 7) is 8.60. The van der Waals surface area contributed by atoms with E-state index in [0.29, 0.717) is 31.7 Å². The van der Waals surface area contributed by atoms with E-state index in [-0.39, 0.29) is 23.4 Å². The molecule has 0 N–H and O–H groups in total. The maximum atomic E-state index is 12.6. The van der Waals surface area contributed by atoms with Crippen LogP contribution in [-0.2, 0) is 9.47 Å². The zero-order valence-corrected chi connectivity index (χ0v) is 15.7. The normalized spacial score (nSPS) is 14.8. The summed E-state index contributed by atoms with van der Waals surface area (Å²) < 4.78 is 9.95. The van der Waals surface area contributed by atoms with Crippen molar-refractivity contribution >= 4 is 18.0 Å². The maximum absolute atomic E-state index is 12.6. The van der Waals surface area contributed by atoms with Crippen LogP contribution >= 0.6 is 0 Å². The van der Waals surface area contributed by atoms with Crippen LogP contribution in [0.1, 0.15) is 47.3 Å². The second-order valence-electron chi connectivity index (χ2n) is 7.01. The molecule has 0 radical (unpaired) electrons. The number of carbonyl (C=O) groups is 3. The number of hydrogen-bond acceptors (Lipinski definition) is 7. The van der Waals surface area contributed by atoms with Crippen molar-refractivity contribution in [1.82, 2.24) is 20.0 Å². The van der Waals surface area contributed by atoms with Gasteiger partial charge in [-0.2, -0.15) is 0 Å². The molecule has 2 heterocycles. The Morgan fingerprint density at radius 1 is 1.04 bits per heavy atom. The monoisotopic (exact) mass is 364 g/mol. The average Bonchev–Trinajstić information content (AvgIpc) is 2.59. The van der Waals surface area contributed by atoms with Gasteiger partial charge < -0.3 is 19.3 Å². The molecule has 0 saturated carbocycles. The summed E-state index contributed by atoms with van der Waals surface area (Å²) in [6.07, 6.45) is -0.386. The molecule has 1 aromatic rings. The first-order chi connectivity index (χ1) is 12.1. The molecule has 2 rings (SSSR count). The number of methoxy groups -OCH3 is 1. The van der Waals surface area contributed by atoms with Crippen LogP contribution in [0.2, 0.25) is 0 Å². The smallest absolute Gasteiger partial charge is 0.410 e. The van der Waals surface area contributed by atoms with E-state index < -0.39 is 11.6 Å². The molecule has 0 unspecified atom stereocenters. The van der Waals surface area contributed by atoms with Gasteiger partial charge in [-0.25, -0.2) is 9.59 Å². The fourth-order valence-corrected chi connectivity index (χ4v) is 2.47. The zero-order valence-electron chi connectivity index (χ0n) is 15.7. The second kappa shape index (κ2) is 7.67. The van der Waals surface area contributed by atoms with Crippen molar-refractivity contribution in [2.24, 2.45) is 0 Å². The van der Waals surface area contributed by atoms with Crippen molar-refractivity contribution in [3.63, 3.8) is 0 Å². The molecular weight excluding hydrogens is 340 g/mol. The van der Waals surface area contributed by atoms with Crippen LogP contribution in [-0.4, -0.2) is 76.9 Å². The molecule has 9 nitrogen and oxygen atoms in total. The Labute approximate surface area is 152 Å². The van der Waals surface area contributed by atoms with Gasteiger partial charge in [0.2, 0.25) is 0 Å². The van der Waals surface area contributed by atoms with E-state index in [4.69, 9.17) is 4.74 Å². The van der Waals surface area contributed by atoms with E-state index in [2.05, 4.69) is 14.9 Å². The van der Waals surface area contributed by atoms with Gasteiger partial charge in [0.15, 0.2) is 11.4 Å². The van der Waals surface area contributed by atoms with E-state index >= 15 is 0 Å². The van der Waals surface area contributed by atoms with E-state index in [1.165, 1.54) is 13.2 Å². The van der Waals surface area contributed by atoms with Crippen molar-refractivity contribution in [2.75, 3.05) is 33.3 Å². The number of aryl methyl sites for hydroxylation is 1. The van der Waals surface area contributed by atoms with Crippen LogP contribution in [0.15, 0.2) is 6.07 Å². The molecule has 1 aliphatic heterocycles. The van der Waals surface area contributed by atoms with Gasteiger partial charge in [-0.05, 0) is 39.3 Å². The fraction of sp³-hybridized carbons (Fsp3) is 0.588. The first kappa shape index (κ1) is 19.6. The third-order valence-corrected chi connectivity index (χ3v) is 3.80. The SMILES string of the molecule is COC(=O)c1nnc(C(=O)N2CCN(C(=O)OC(C)(C)C)CC2)cc1C. The molecule has 2 amide bonds. The molecule has 9 heteroatoms. The summed E-state index contributed by atoms with van der Waals surface area (Å²) >= 11 is 0. The standard InChI is InChI=1S/C17H24N4O5/c1-11-10-12(18-19-13(11)15(23)25-5)14(22)20-6-8-21(9-7-20)16(24)26-17(2,3)4/h10H,6-9H2,1-5H3. The molecular formula is C17H24N4O5. The van der Waals surface area contributed by atoms with Crippen molar-refractivity contribution < 1.29 is 23.9 Å². The molecule has 1 aliphatic rings. The Hall–Kier alpha value is -2.71. The van der Waals surface area contributed by atoms with Crippen molar-refractivity contribution in [1.29, 1.82) is 0 Å². The Kier molecular flexibility index (Phi) is 5.79. The number of hydrogen-bond donors (Lipinski definition) is 0. The minimum atomic E-state index is -0.597. The molecule has 1 aromatic heterocycles. The number of esters is 1. The highest BCUT2D eigenvalue weighted by Gasteiger charge is 2.29. The number of nitrogens with zero attached hydrogens (tertiary/aromatic N) is 4. The Morgan fingerprint density at radius 3 is 2.12 bits per heavy atom. The third kappa shape index (κ3) is 4.68. The van der Waals surface area contributed by atoms with Crippen molar-refractivity contribution in [3.05, 3.63) is 23.0 Å². The first-order valence-corrected chi connectivity index (χ1v) is 8.32. The van der Waals surface area contributed by atoms with E-state index in [0.717, 1.165) is 0 Å². The minimum Gasteiger partial charge on any atom is -0.464 e. The summed E-state index contributed by atoms with van der Waals surface area (Å²) in [5.74, 6) is -0.888. The minimum absolute atomic E-state index is 0.0822. The molecule has 0 atom stereocenters. The summed E-state index contributed by atoms with van der Waals surface area (Å²) in [4.78, 5) is 39.4. The lowest BCUT2D eigenvalue weighted by Crippen LogP contribution is -2.51. The van der Waals surface area contributed by atoms with Crippen LogP contribution in [0, 0.1) is 6.92 Å². The highest BCUT2D eigenvalue weighted by molar-refractivity contribution is 5.94. The van der Waals surface area contributed by atoms with E-state index in [9.17, 15) is 14.4 Å². The van der Waals surface area contributed by atoms with Crippen LogP contribution in [0.4, 0.5) is 4.79 Å². The maximum Gasteiger partial charge on any atom is 0.410 e. The number of aromatic nitrogens is 2. The van der Waals surface area contributed by atoms with E-state index in [1.807, 2.05) is 20.8 Å². The predicted octanol–water partition coefficient (Wildman–Crippen LogP) is 1.26. The molecule has 1 fully saturated rings. The summed E-state index contributed by atoms with van der Waals surface area (Å²) in [7, 11) is 1.26. The first-order valence-electron chi connectivity index (χ1n) is 8.32. The van der Waals surface area contributed by atoms with Gasteiger partial charge in [-0.3, -0.25) is 4.79 Å². The predicted molar refractivity (Wildman–Crippen MR) is 91.8 cm³/mol. The quantitative estimate of drug-likeness (QED) is 0.728. The van der Waals surface area contributed by atoms with Crippen LogP contribution in [0.3, 0.4) is 0 Å². The Bertz CT molecular complexity index is 706. The topological polar surface area (TPSA) is 102 Å². The molecule has 0 aromatic carbocycles. The molecule has 142 valence electrons. The van der Waals surface area contributed by atoms with Crippen molar-refractivity contribution in [2.45, 2.75) is 33.3 Å². The molecule has 0 bridgehead atoms. The molecule has 26 heavy (non-hydrogen) atoms. The van der Waals surface area contributed by atoms with Crippen molar-refractivity contribution in [3.8, 4) is 0 Å². The van der Waals surface area contributed by atoms with Gasteiger partial charge in [0.05, 0.1) is 7.11 Å². The number of piperazine rings is 1. The van der Waals surface area contributed by atoms with Gasteiger partial charge in [-0.1, -0.05) is 0 Å². The Morgan fingerprint density at radius 2 is 1.62 bits per heavy atom. The molecule has 1 saturated heterocycles. The molecule has 0 spiro atoms. The summed E-state index contributed by atoms with van der Waals surface area (Å²) in [5.41, 5.74) is 0.195. The van der Waals surface area contributed by atoms with Gasteiger partial charge >= 0.3 is 12.1 Å². The highest BCUT2D eigenvalue weighted by atomic mass is 16.6. The fourth-order valence-electron chi connectivity index (χ4n) is 2.47. The zero-order chi connectivity index (χ0) is 19.5. The van der Waals surface area contributed by atoms with Crippen LogP contribution < -0.4 is 0 Å². The molecule has 0 aliphatic carbocycles. The van der Waals surface area contributed by atoms with Crippen LogP contribution in [0.25, 0.3) is 0 Å². The number of amides is 2. The van der Waals surface area contributed by atoms with Gasteiger partial charge in [0, 0.05) is 26.2 Å². The summed E-state index contributed by atoms with van der Waals surface area (Å²) in [5, 5.41) is 7.63. The average molecular weight is 364 g/mol. The van der Waals surface area contributed by atoms with Gasteiger partial charge in [-0.15, -0.1) is 10.2 Å². The third-order valence-electron chi connectivity index (χ3n) is 3.80. The lowest BCUT2D eigenvalue weighted by Gasteiger charge is -2.35. The van der Waals surface area contributed by atoms with Crippen LogP contribution in [0.5, 0.6) is 0 Å². The Balaban J connectivity index is 1.99. The lowest BCUT2D eigenvalue weighted by atomic mass is 10.2. The second-order valence-corrected chi connectivity index (χ2v) is 7.01. The lowest BCUT2D eigenvalue weighted by molar-refractivity contribution is 0.0140. The number of rotatable bonds is 2. The van der Waals surface area contributed by atoms with Gasteiger partial charge in [0.1, 0.15) is 5.60 Å². The largest absolute Gasteiger partial charge is 0.464 e. The number of carbonyl (C=O) groups excluding carboxylic acids is 3. The highest BCUT2D eigenvalue weighted by Crippen LogP contribution is 2.14.